The highest BCUT2D eigenvalue weighted by Crippen LogP contribution is 2.38. The second kappa shape index (κ2) is 6.58. The topological polar surface area (TPSA) is 15.3 Å². The van der Waals surface area contributed by atoms with E-state index in [1.807, 2.05) is 0 Å². The lowest BCUT2D eigenvalue weighted by atomic mass is 9.70. The van der Waals surface area contributed by atoms with E-state index in [2.05, 4.69) is 37.9 Å². The average Bonchev–Trinajstić information content (AvgIpc) is 2.33. The molecule has 2 aliphatic rings. The van der Waals surface area contributed by atoms with Crippen molar-refractivity contribution in [1.82, 2.24) is 10.2 Å². The maximum absolute atomic E-state index is 3.91. The molecule has 0 aromatic carbocycles. The van der Waals surface area contributed by atoms with Gasteiger partial charge in [-0.1, -0.05) is 27.2 Å². The Morgan fingerprint density at radius 1 is 1.21 bits per heavy atom. The van der Waals surface area contributed by atoms with E-state index in [9.17, 15) is 0 Å². The summed E-state index contributed by atoms with van der Waals surface area (Å²) in [7, 11) is 0. The maximum Gasteiger partial charge on any atom is 0.0169 e. The summed E-state index contributed by atoms with van der Waals surface area (Å²) in [6.45, 7) is 13.5. The van der Waals surface area contributed by atoms with Crippen molar-refractivity contribution < 1.29 is 0 Å². The Hall–Kier alpha value is -0.0800. The molecule has 0 aromatic heterocycles. The van der Waals surface area contributed by atoms with Crippen molar-refractivity contribution in [2.75, 3.05) is 19.6 Å². The van der Waals surface area contributed by atoms with Crippen molar-refractivity contribution in [3.05, 3.63) is 0 Å². The van der Waals surface area contributed by atoms with E-state index >= 15 is 0 Å². The molecule has 1 aliphatic heterocycles. The van der Waals surface area contributed by atoms with Gasteiger partial charge in [-0.25, -0.2) is 0 Å². The van der Waals surface area contributed by atoms with E-state index in [4.69, 9.17) is 0 Å². The van der Waals surface area contributed by atoms with Crippen LogP contribution in [0.3, 0.4) is 0 Å². The van der Waals surface area contributed by atoms with Crippen LogP contribution < -0.4 is 5.32 Å². The van der Waals surface area contributed by atoms with Crippen LogP contribution in [0.25, 0.3) is 0 Å². The molecule has 0 bridgehead atoms. The summed E-state index contributed by atoms with van der Waals surface area (Å²) in [5, 5.41) is 3.91. The summed E-state index contributed by atoms with van der Waals surface area (Å²) in [6.07, 6.45) is 8.36. The molecule has 3 atom stereocenters. The molecule has 112 valence electrons. The lowest BCUT2D eigenvalue weighted by Crippen LogP contribution is -2.49. The number of piperidine rings is 1. The van der Waals surface area contributed by atoms with Gasteiger partial charge < -0.3 is 10.2 Å². The number of likely N-dealkylation sites (tertiary alicyclic amines) is 1. The SMILES string of the molecule is CC(CN1CCCCC1)NC1CCC(C)(C)CC1C. The van der Waals surface area contributed by atoms with E-state index in [0.717, 1.165) is 12.0 Å². The normalized spacial score (nSPS) is 34.1. The highest BCUT2D eigenvalue weighted by atomic mass is 15.2. The van der Waals surface area contributed by atoms with E-state index in [1.54, 1.807) is 0 Å². The Labute approximate surface area is 120 Å². The van der Waals surface area contributed by atoms with Gasteiger partial charge in [-0.3, -0.25) is 0 Å². The summed E-state index contributed by atoms with van der Waals surface area (Å²) >= 11 is 0. The molecule has 0 spiro atoms. The minimum atomic E-state index is 0.563. The van der Waals surface area contributed by atoms with Crippen LogP contribution in [0.15, 0.2) is 0 Å². The van der Waals surface area contributed by atoms with Gasteiger partial charge in [0, 0.05) is 18.6 Å². The third-order valence-electron chi connectivity index (χ3n) is 5.17. The second-order valence-corrected chi connectivity index (χ2v) is 7.92. The van der Waals surface area contributed by atoms with Crippen molar-refractivity contribution in [2.24, 2.45) is 11.3 Å². The highest BCUT2D eigenvalue weighted by Gasteiger charge is 2.32. The quantitative estimate of drug-likeness (QED) is 0.835. The summed E-state index contributed by atoms with van der Waals surface area (Å²) < 4.78 is 0. The first-order chi connectivity index (χ1) is 8.96. The number of nitrogens with zero attached hydrogens (tertiary/aromatic N) is 1. The van der Waals surface area contributed by atoms with E-state index in [1.165, 1.54) is 58.2 Å². The van der Waals surface area contributed by atoms with E-state index in [0.29, 0.717) is 11.5 Å². The largest absolute Gasteiger partial charge is 0.310 e. The zero-order valence-corrected chi connectivity index (χ0v) is 13.5. The fourth-order valence-electron chi connectivity index (χ4n) is 4.14. The highest BCUT2D eigenvalue weighted by molar-refractivity contribution is 4.88. The van der Waals surface area contributed by atoms with Gasteiger partial charge in [-0.05, 0) is 63.5 Å². The minimum absolute atomic E-state index is 0.563. The first kappa shape index (κ1) is 15.3. The molecule has 1 aliphatic carbocycles. The molecule has 0 aromatic rings. The van der Waals surface area contributed by atoms with Gasteiger partial charge in [-0.2, -0.15) is 0 Å². The average molecular weight is 266 g/mol. The third-order valence-corrected chi connectivity index (χ3v) is 5.17. The molecule has 2 fully saturated rings. The fourth-order valence-corrected chi connectivity index (χ4v) is 4.14. The summed E-state index contributed by atoms with van der Waals surface area (Å²) in [5.41, 5.74) is 0.563. The van der Waals surface area contributed by atoms with Crippen molar-refractivity contribution in [3.8, 4) is 0 Å². The first-order valence-electron chi connectivity index (χ1n) is 8.45. The van der Waals surface area contributed by atoms with Crippen LogP contribution in [-0.4, -0.2) is 36.6 Å². The Morgan fingerprint density at radius 3 is 2.53 bits per heavy atom. The summed E-state index contributed by atoms with van der Waals surface area (Å²) in [6, 6.07) is 1.39. The van der Waals surface area contributed by atoms with Gasteiger partial charge in [0.2, 0.25) is 0 Å². The van der Waals surface area contributed by atoms with E-state index < -0.39 is 0 Å². The second-order valence-electron chi connectivity index (χ2n) is 7.92. The summed E-state index contributed by atoms with van der Waals surface area (Å²) in [4.78, 5) is 2.65. The van der Waals surface area contributed by atoms with E-state index in [-0.39, 0.29) is 0 Å². The van der Waals surface area contributed by atoms with Crippen LogP contribution in [0.1, 0.15) is 66.2 Å². The smallest absolute Gasteiger partial charge is 0.0169 e. The van der Waals surface area contributed by atoms with Crippen molar-refractivity contribution in [2.45, 2.75) is 78.3 Å². The molecule has 19 heavy (non-hydrogen) atoms. The monoisotopic (exact) mass is 266 g/mol. The van der Waals surface area contributed by atoms with Gasteiger partial charge in [0.25, 0.3) is 0 Å². The van der Waals surface area contributed by atoms with Gasteiger partial charge in [-0.15, -0.1) is 0 Å². The number of hydrogen-bond acceptors (Lipinski definition) is 2. The molecular formula is C17H34N2. The molecule has 2 nitrogen and oxygen atoms in total. The number of rotatable bonds is 4. The lowest BCUT2D eigenvalue weighted by Gasteiger charge is -2.41. The van der Waals surface area contributed by atoms with Crippen molar-refractivity contribution >= 4 is 0 Å². The Morgan fingerprint density at radius 2 is 1.89 bits per heavy atom. The molecular weight excluding hydrogens is 232 g/mol. The van der Waals surface area contributed by atoms with Gasteiger partial charge >= 0.3 is 0 Å². The standard InChI is InChI=1S/C17H34N2/c1-14-12-17(3,4)9-8-16(14)18-15(2)13-19-10-6-5-7-11-19/h14-16,18H,5-13H2,1-4H3. The van der Waals surface area contributed by atoms with Crippen LogP contribution in [0, 0.1) is 11.3 Å². The molecule has 2 rings (SSSR count). The molecule has 1 N–H and O–H groups in total. The van der Waals surface area contributed by atoms with Crippen LogP contribution in [0.2, 0.25) is 0 Å². The molecule has 0 radical (unpaired) electrons. The van der Waals surface area contributed by atoms with Crippen molar-refractivity contribution in [1.29, 1.82) is 0 Å². The minimum Gasteiger partial charge on any atom is -0.310 e. The van der Waals surface area contributed by atoms with Gasteiger partial charge in [0.1, 0.15) is 0 Å². The first-order valence-corrected chi connectivity index (χ1v) is 8.45. The predicted octanol–water partition coefficient (Wildman–Crippen LogP) is 3.67. The Balaban J connectivity index is 1.74. The predicted molar refractivity (Wildman–Crippen MR) is 83.5 cm³/mol. The third kappa shape index (κ3) is 4.75. The molecule has 3 unspecified atom stereocenters. The molecule has 1 saturated carbocycles. The maximum atomic E-state index is 3.91. The zero-order valence-electron chi connectivity index (χ0n) is 13.5. The van der Waals surface area contributed by atoms with Crippen LogP contribution >= 0.6 is 0 Å². The van der Waals surface area contributed by atoms with Crippen molar-refractivity contribution in [3.63, 3.8) is 0 Å². The van der Waals surface area contributed by atoms with Gasteiger partial charge in [0.05, 0.1) is 0 Å². The zero-order chi connectivity index (χ0) is 13.9. The summed E-state index contributed by atoms with van der Waals surface area (Å²) in [5.74, 6) is 0.826. The molecule has 1 saturated heterocycles. The molecule has 0 amide bonds. The van der Waals surface area contributed by atoms with Crippen LogP contribution in [-0.2, 0) is 0 Å². The molecule has 2 heteroatoms. The lowest BCUT2D eigenvalue weighted by molar-refractivity contribution is 0.132. The fraction of sp³-hybridized carbons (Fsp3) is 1.00. The molecule has 1 heterocycles. The van der Waals surface area contributed by atoms with Crippen LogP contribution in [0.4, 0.5) is 0 Å². The van der Waals surface area contributed by atoms with Gasteiger partial charge in [0.15, 0.2) is 0 Å². The number of nitrogens with one attached hydrogen (secondary N) is 1. The van der Waals surface area contributed by atoms with Crippen LogP contribution in [0.5, 0.6) is 0 Å². The Kier molecular flexibility index (Phi) is 5.30. The number of hydrogen-bond donors (Lipinski definition) is 1. The Bertz CT molecular complexity index is 268.